The molecule has 0 spiro atoms. The third kappa shape index (κ3) is 2.74. The molecule has 0 radical (unpaired) electrons. The van der Waals surface area contributed by atoms with Crippen LogP contribution in [0.3, 0.4) is 0 Å². The van der Waals surface area contributed by atoms with Gasteiger partial charge in [-0.2, -0.15) is 4.98 Å². The number of rotatable bonds is 3. The molecule has 3 aromatic heterocycles. The minimum atomic E-state index is 0.136. The molecule has 2 saturated heterocycles. The van der Waals surface area contributed by atoms with E-state index >= 15 is 0 Å². The van der Waals surface area contributed by atoms with Gasteiger partial charge >= 0.3 is 0 Å². The number of hydrogen-bond acceptors (Lipinski definition) is 5. The lowest BCUT2D eigenvalue weighted by Crippen LogP contribution is -2.46. The lowest BCUT2D eigenvalue weighted by molar-refractivity contribution is 0.0545. The molecule has 7 nitrogen and oxygen atoms in total. The lowest BCUT2D eigenvalue weighted by atomic mass is 9.90. The van der Waals surface area contributed by atoms with Crippen molar-refractivity contribution >= 4 is 5.91 Å². The van der Waals surface area contributed by atoms with Crippen LogP contribution in [-0.4, -0.2) is 42.6 Å². The molecule has 3 atom stereocenters. The van der Waals surface area contributed by atoms with Gasteiger partial charge in [0.15, 0.2) is 0 Å². The first-order valence-corrected chi connectivity index (χ1v) is 9.38. The van der Waals surface area contributed by atoms with Gasteiger partial charge in [0.25, 0.3) is 5.91 Å². The molecular formula is C20H21N5O2. The predicted molar refractivity (Wildman–Crippen MR) is 97.9 cm³/mol. The van der Waals surface area contributed by atoms with Gasteiger partial charge in [-0.05, 0) is 49.9 Å². The maximum absolute atomic E-state index is 13.0. The van der Waals surface area contributed by atoms with E-state index < -0.39 is 0 Å². The molecule has 3 aromatic rings. The number of amides is 1. The van der Waals surface area contributed by atoms with Crippen LogP contribution in [-0.2, 0) is 7.05 Å². The quantitative estimate of drug-likeness (QED) is 0.715. The smallest absolute Gasteiger partial charge is 0.270 e. The molecular weight excluding hydrogens is 342 g/mol. The average molecular weight is 363 g/mol. The van der Waals surface area contributed by atoms with Crippen molar-refractivity contribution in [1.29, 1.82) is 0 Å². The van der Waals surface area contributed by atoms with Crippen LogP contribution in [0.5, 0.6) is 0 Å². The van der Waals surface area contributed by atoms with Crippen molar-refractivity contribution in [2.75, 3.05) is 0 Å². The third-order valence-electron chi connectivity index (χ3n) is 5.86. The maximum atomic E-state index is 13.0. The van der Waals surface area contributed by atoms with Crippen LogP contribution in [0, 0.1) is 0 Å². The van der Waals surface area contributed by atoms with Gasteiger partial charge in [-0.15, -0.1) is 0 Å². The number of piperidine rings is 1. The highest BCUT2D eigenvalue weighted by atomic mass is 16.5. The molecule has 1 unspecified atom stereocenters. The van der Waals surface area contributed by atoms with Crippen molar-refractivity contribution in [2.45, 2.75) is 43.7 Å². The van der Waals surface area contributed by atoms with Crippen LogP contribution in [0.1, 0.15) is 48.0 Å². The zero-order chi connectivity index (χ0) is 18.4. The summed E-state index contributed by atoms with van der Waals surface area (Å²) in [7, 11) is 1.92. The Morgan fingerprint density at radius 2 is 1.89 bits per heavy atom. The SMILES string of the molecule is Cn1cccc1C(=O)N1[C@@H]2CC[C@H]1CC(c1nc(-c3ccncc3)no1)C2. The Morgan fingerprint density at radius 3 is 2.56 bits per heavy atom. The second-order valence-electron chi connectivity index (χ2n) is 7.46. The van der Waals surface area contributed by atoms with Gasteiger partial charge in [0.1, 0.15) is 5.69 Å². The maximum Gasteiger partial charge on any atom is 0.270 e. The van der Waals surface area contributed by atoms with Crippen LogP contribution < -0.4 is 0 Å². The molecule has 2 aliphatic heterocycles. The van der Waals surface area contributed by atoms with Crippen molar-refractivity contribution < 1.29 is 9.32 Å². The summed E-state index contributed by atoms with van der Waals surface area (Å²) in [6.07, 6.45) is 9.21. The van der Waals surface area contributed by atoms with Crippen molar-refractivity contribution in [1.82, 2.24) is 24.6 Å². The zero-order valence-corrected chi connectivity index (χ0v) is 15.2. The normalized spacial score (nSPS) is 24.3. The lowest BCUT2D eigenvalue weighted by Gasteiger charge is -2.37. The predicted octanol–water partition coefficient (Wildman–Crippen LogP) is 3.02. The summed E-state index contributed by atoms with van der Waals surface area (Å²) in [6.45, 7) is 0. The number of nitrogens with zero attached hydrogens (tertiary/aromatic N) is 5. The summed E-state index contributed by atoms with van der Waals surface area (Å²) in [5.41, 5.74) is 1.66. The molecule has 27 heavy (non-hydrogen) atoms. The molecule has 5 heterocycles. The fourth-order valence-electron chi connectivity index (χ4n) is 4.55. The Labute approximate surface area is 157 Å². The first-order chi connectivity index (χ1) is 13.2. The van der Waals surface area contributed by atoms with E-state index in [9.17, 15) is 4.79 Å². The van der Waals surface area contributed by atoms with Crippen LogP contribution >= 0.6 is 0 Å². The minimum Gasteiger partial charge on any atom is -0.347 e. The van der Waals surface area contributed by atoms with Crippen LogP contribution in [0.25, 0.3) is 11.4 Å². The summed E-state index contributed by atoms with van der Waals surface area (Å²) in [5.74, 6) is 1.63. The molecule has 0 aromatic carbocycles. The number of fused-ring (bicyclic) bond motifs is 2. The topological polar surface area (TPSA) is 77.1 Å². The average Bonchev–Trinajstić information content (AvgIpc) is 3.40. The Hall–Kier alpha value is -2.96. The fourth-order valence-corrected chi connectivity index (χ4v) is 4.55. The molecule has 5 rings (SSSR count). The molecule has 0 saturated carbocycles. The number of aryl methyl sites for hydroxylation is 1. The van der Waals surface area contributed by atoms with Gasteiger partial charge in [-0.1, -0.05) is 5.16 Å². The Balaban J connectivity index is 1.35. The summed E-state index contributed by atoms with van der Waals surface area (Å²) < 4.78 is 7.48. The summed E-state index contributed by atoms with van der Waals surface area (Å²) >= 11 is 0. The van der Waals surface area contributed by atoms with Crippen molar-refractivity contribution in [2.24, 2.45) is 7.05 Å². The highest BCUT2D eigenvalue weighted by molar-refractivity contribution is 5.93. The summed E-state index contributed by atoms with van der Waals surface area (Å²) in [5, 5.41) is 4.14. The van der Waals surface area contributed by atoms with E-state index in [1.54, 1.807) is 12.4 Å². The van der Waals surface area contributed by atoms with Gasteiger partial charge in [0, 0.05) is 49.2 Å². The molecule has 2 fully saturated rings. The van der Waals surface area contributed by atoms with E-state index in [-0.39, 0.29) is 23.9 Å². The van der Waals surface area contributed by atoms with E-state index in [2.05, 4.69) is 20.0 Å². The van der Waals surface area contributed by atoms with Gasteiger partial charge in [-0.25, -0.2) is 0 Å². The number of hydrogen-bond donors (Lipinski definition) is 0. The van der Waals surface area contributed by atoms with E-state index in [1.165, 1.54) is 0 Å². The summed E-state index contributed by atoms with van der Waals surface area (Å²) in [4.78, 5) is 23.8. The van der Waals surface area contributed by atoms with Crippen molar-refractivity contribution in [3.63, 3.8) is 0 Å². The van der Waals surface area contributed by atoms with Gasteiger partial charge in [0.2, 0.25) is 11.7 Å². The molecule has 138 valence electrons. The number of aromatic nitrogens is 4. The monoisotopic (exact) mass is 363 g/mol. The van der Waals surface area contributed by atoms with Gasteiger partial charge in [0.05, 0.1) is 0 Å². The third-order valence-corrected chi connectivity index (χ3v) is 5.86. The number of carbonyl (C=O) groups is 1. The second-order valence-corrected chi connectivity index (χ2v) is 7.46. The van der Waals surface area contributed by atoms with Crippen LogP contribution in [0.15, 0.2) is 47.4 Å². The zero-order valence-electron chi connectivity index (χ0n) is 15.2. The van der Waals surface area contributed by atoms with E-state index in [1.807, 2.05) is 42.1 Å². The second kappa shape index (κ2) is 6.33. The first-order valence-electron chi connectivity index (χ1n) is 9.38. The molecule has 7 heteroatoms. The standard InChI is InChI=1S/C20H21N5O2/c1-24-10-2-3-17(24)20(26)25-15-4-5-16(25)12-14(11-15)19-22-18(23-27-19)13-6-8-21-9-7-13/h2-3,6-10,14-16H,4-5,11-12H2,1H3/t14?,15-,16+. The van der Waals surface area contributed by atoms with Crippen LogP contribution in [0.4, 0.5) is 0 Å². The van der Waals surface area contributed by atoms with Gasteiger partial charge < -0.3 is 14.0 Å². The van der Waals surface area contributed by atoms with Crippen LogP contribution in [0.2, 0.25) is 0 Å². The molecule has 0 aliphatic carbocycles. The first kappa shape index (κ1) is 16.2. The van der Waals surface area contributed by atoms with E-state index in [0.717, 1.165) is 36.9 Å². The highest BCUT2D eigenvalue weighted by Gasteiger charge is 2.45. The molecule has 1 amide bonds. The largest absolute Gasteiger partial charge is 0.347 e. The minimum absolute atomic E-state index is 0.136. The number of pyridine rings is 1. The van der Waals surface area contributed by atoms with Crippen molar-refractivity contribution in [3.8, 4) is 11.4 Å². The fraction of sp³-hybridized carbons (Fsp3) is 0.400. The van der Waals surface area contributed by atoms with Gasteiger partial charge in [-0.3, -0.25) is 9.78 Å². The Bertz CT molecular complexity index is 950. The summed E-state index contributed by atoms with van der Waals surface area (Å²) in [6, 6.07) is 8.05. The Kier molecular flexibility index (Phi) is 3.81. The van der Waals surface area contributed by atoms with Crippen molar-refractivity contribution in [3.05, 3.63) is 54.4 Å². The molecule has 2 aliphatic rings. The van der Waals surface area contributed by atoms with E-state index in [4.69, 9.17) is 4.52 Å². The van der Waals surface area contributed by atoms with E-state index in [0.29, 0.717) is 11.7 Å². The molecule has 2 bridgehead atoms. The Morgan fingerprint density at radius 1 is 1.15 bits per heavy atom. The molecule has 0 N–H and O–H groups in total. The highest BCUT2D eigenvalue weighted by Crippen LogP contribution is 2.43. The number of carbonyl (C=O) groups excluding carboxylic acids is 1.